The van der Waals surface area contributed by atoms with E-state index in [0.29, 0.717) is 0 Å². The lowest BCUT2D eigenvalue weighted by atomic mass is 10.3. The van der Waals surface area contributed by atoms with Gasteiger partial charge in [-0.2, -0.15) is 14.8 Å². The molecule has 0 aromatic carbocycles. The predicted octanol–water partition coefficient (Wildman–Crippen LogP) is 0.412. The molecule has 0 aliphatic carbocycles. The molecular formula is C8H13N4+. The van der Waals surface area contributed by atoms with Crippen LogP contribution in [0.4, 0.5) is 0 Å². The zero-order chi connectivity index (χ0) is 8.88. The second-order valence-electron chi connectivity index (χ2n) is 3.18. The fraction of sp³-hybridized carbons (Fsp3) is 0.500. The summed E-state index contributed by atoms with van der Waals surface area (Å²) < 4.78 is 4.02. The second-order valence-corrected chi connectivity index (χ2v) is 3.18. The van der Waals surface area contributed by atoms with Gasteiger partial charge in [0.1, 0.15) is 12.7 Å². The first-order valence-corrected chi connectivity index (χ1v) is 4.02. The zero-order valence-corrected chi connectivity index (χ0v) is 7.84. The van der Waals surface area contributed by atoms with E-state index in [-0.39, 0.29) is 0 Å². The summed E-state index contributed by atoms with van der Waals surface area (Å²) in [6, 6.07) is 0. The van der Waals surface area contributed by atoms with Gasteiger partial charge in [-0.15, -0.1) is 0 Å². The second kappa shape index (κ2) is 2.09. The zero-order valence-electron chi connectivity index (χ0n) is 7.84. The first-order chi connectivity index (χ1) is 5.61. The Bertz CT molecular complexity index is 398. The van der Waals surface area contributed by atoms with Crippen LogP contribution in [-0.4, -0.2) is 14.7 Å². The SMILES string of the molecule is Cc1nc2c(C)c(C)[n+](C)n2[nH]1. The summed E-state index contributed by atoms with van der Waals surface area (Å²) in [5.74, 6) is 0.948. The number of hydrogen-bond donors (Lipinski definition) is 1. The van der Waals surface area contributed by atoms with Crippen LogP contribution in [0.15, 0.2) is 0 Å². The lowest BCUT2D eigenvalue weighted by Gasteiger charge is -1.87. The molecule has 0 aliphatic rings. The summed E-state index contributed by atoms with van der Waals surface area (Å²) >= 11 is 0. The first-order valence-electron chi connectivity index (χ1n) is 4.02. The van der Waals surface area contributed by atoms with Crippen LogP contribution in [0, 0.1) is 20.8 Å². The number of H-pyrrole nitrogens is 1. The van der Waals surface area contributed by atoms with Crippen LogP contribution in [0.5, 0.6) is 0 Å². The van der Waals surface area contributed by atoms with Crippen molar-refractivity contribution in [2.75, 3.05) is 0 Å². The van der Waals surface area contributed by atoms with Crippen LogP contribution in [0.3, 0.4) is 0 Å². The van der Waals surface area contributed by atoms with E-state index < -0.39 is 0 Å². The Kier molecular flexibility index (Phi) is 1.28. The quantitative estimate of drug-likeness (QED) is 0.564. The fourth-order valence-electron chi connectivity index (χ4n) is 1.45. The lowest BCUT2D eigenvalue weighted by molar-refractivity contribution is -0.748. The Morgan fingerprint density at radius 2 is 2.00 bits per heavy atom. The molecule has 0 bridgehead atoms. The molecule has 4 heteroatoms. The molecule has 0 radical (unpaired) electrons. The third kappa shape index (κ3) is 0.719. The van der Waals surface area contributed by atoms with Crippen molar-refractivity contribution in [3.63, 3.8) is 0 Å². The third-order valence-electron chi connectivity index (χ3n) is 2.41. The number of aromatic amines is 1. The van der Waals surface area contributed by atoms with Gasteiger partial charge < -0.3 is 0 Å². The van der Waals surface area contributed by atoms with Gasteiger partial charge in [0.05, 0.1) is 0 Å². The van der Waals surface area contributed by atoms with Crippen molar-refractivity contribution in [1.29, 1.82) is 0 Å². The number of hydrogen-bond acceptors (Lipinski definition) is 1. The van der Waals surface area contributed by atoms with Crippen molar-refractivity contribution < 1.29 is 4.68 Å². The average molecular weight is 165 g/mol. The number of aromatic nitrogens is 4. The van der Waals surface area contributed by atoms with Crippen LogP contribution >= 0.6 is 0 Å². The first kappa shape index (κ1) is 7.34. The Morgan fingerprint density at radius 3 is 2.58 bits per heavy atom. The number of nitrogens with one attached hydrogen (secondary N) is 1. The maximum Gasteiger partial charge on any atom is 0.222 e. The molecule has 0 fully saturated rings. The van der Waals surface area contributed by atoms with Gasteiger partial charge >= 0.3 is 0 Å². The van der Waals surface area contributed by atoms with Gasteiger partial charge in [-0.05, 0) is 18.5 Å². The van der Waals surface area contributed by atoms with Crippen molar-refractivity contribution in [2.24, 2.45) is 7.05 Å². The molecule has 64 valence electrons. The highest BCUT2D eigenvalue weighted by atomic mass is 15.5. The molecule has 0 unspecified atom stereocenters. The highest BCUT2D eigenvalue weighted by molar-refractivity contribution is 5.45. The normalized spacial score (nSPS) is 11.3. The smallest absolute Gasteiger partial charge is 0.186 e. The highest BCUT2D eigenvalue weighted by Gasteiger charge is 2.16. The molecule has 0 saturated heterocycles. The summed E-state index contributed by atoms with van der Waals surface area (Å²) in [4.78, 5) is 4.38. The van der Waals surface area contributed by atoms with Crippen molar-refractivity contribution in [2.45, 2.75) is 20.8 Å². The number of nitrogens with zero attached hydrogens (tertiary/aromatic N) is 3. The van der Waals surface area contributed by atoms with Crippen LogP contribution in [0.25, 0.3) is 5.65 Å². The van der Waals surface area contributed by atoms with E-state index in [2.05, 4.69) is 28.6 Å². The van der Waals surface area contributed by atoms with E-state index in [0.717, 1.165) is 11.5 Å². The summed E-state index contributed by atoms with van der Waals surface area (Å²) in [7, 11) is 2.02. The summed E-state index contributed by atoms with van der Waals surface area (Å²) in [5.41, 5.74) is 3.50. The minimum atomic E-state index is 0.948. The fourth-order valence-corrected chi connectivity index (χ4v) is 1.45. The van der Waals surface area contributed by atoms with Crippen molar-refractivity contribution >= 4 is 5.65 Å². The summed E-state index contributed by atoms with van der Waals surface area (Å²) in [5, 5.41) is 3.16. The minimum Gasteiger partial charge on any atom is -0.186 e. The molecule has 2 aromatic rings. The van der Waals surface area contributed by atoms with Gasteiger partial charge in [-0.1, -0.05) is 0 Å². The largest absolute Gasteiger partial charge is 0.222 e. The molecule has 0 spiro atoms. The van der Waals surface area contributed by atoms with E-state index in [9.17, 15) is 0 Å². The van der Waals surface area contributed by atoms with Gasteiger partial charge in [0.25, 0.3) is 0 Å². The van der Waals surface area contributed by atoms with Gasteiger partial charge in [0.2, 0.25) is 11.5 Å². The monoisotopic (exact) mass is 165 g/mol. The van der Waals surface area contributed by atoms with Crippen LogP contribution in [0.1, 0.15) is 17.1 Å². The van der Waals surface area contributed by atoms with Crippen LogP contribution < -0.4 is 4.68 Å². The van der Waals surface area contributed by atoms with Crippen LogP contribution in [-0.2, 0) is 7.05 Å². The Hall–Kier alpha value is -1.32. The maximum atomic E-state index is 4.38. The molecule has 0 amide bonds. The van der Waals surface area contributed by atoms with Crippen molar-refractivity contribution in [1.82, 2.24) is 14.7 Å². The average Bonchev–Trinajstić information content (AvgIpc) is 2.49. The molecule has 0 saturated carbocycles. The summed E-state index contributed by atoms with van der Waals surface area (Å²) in [6.45, 7) is 6.14. The van der Waals surface area contributed by atoms with E-state index >= 15 is 0 Å². The highest BCUT2D eigenvalue weighted by Crippen LogP contribution is 2.08. The standard InChI is InChI=1S/C8H12N4/c1-5-6(2)11(4)12-8(5)9-7(3)10-12/h1-4H3/p+1. The summed E-state index contributed by atoms with van der Waals surface area (Å²) in [6.07, 6.45) is 0. The van der Waals surface area contributed by atoms with E-state index in [1.165, 1.54) is 11.3 Å². The van der Waals surface area contributed by atoms with E-state index in [1.54, 1.807) is 0 Å². The molecule has 2 rings (SSSR count). The third-order valence-corrected chi connectivity index (χ3v) is 2.41. The van der Waals surface area contributed by atoms with Crippen molar-refractivity contribution in [3.8, 4) is 0 Å². The molecule has 0 aliphatic heterocycles. The Labute approximate surface area is 70.8 Å². The molecule has 4 nitrogen and oxygen atoms in total. The van der Waals surface area contributed by atoms with Crippen molar-refractivity contribution in [3.05, 3.63) is 17.1 Å². The maximum absolute atomic E-state index is 4.38. The van der Waals surface area contributed by atoms with Gasteiger partial charge in [-0.25, -0.2) is 0 Å². The van der Waals surface area contributed by atoms with E-state index in [1.807, 2.05) is 18.6 Å². The Morgan fingerprint density at radius 1 is 1.33 bits per heavy atom. The molecule has 1 N–H and O–H groups in total. The van der Waals surface area contributed by atoms with Gasteiger partial charge in [0.15, 0.2) is 0 Å². The molecular weight excluding hydrogens is 152 g/mol. The number of rotatable bonds is 0. The predicted molar refractivity (Wildman–Crippen MR) is 44.9 cm³/mol. The molecule has 12 heavy (non-hydrogen) atoms. The molecule has 2 heterocycles. The molecule has 0 atom stereocenters. The van der Waals surface area contributed by atoms with Gasteiger partial charge in [-0.3, -0.25) is 0 Å². The topological polar surface area (TPSA) is 37.0 Å². The van der Waals surface area contributed by atoms with Gasteiger partial charge in [0, 0.05) is 12.5 Å². The van der Waals surface area contributed by atoms with Crippen LogP contribution in [0.2, 0.25) is 0 Å². The van der Waals surface area contributed by atoms with E-state index in [4.69, 9.17) is 0 Å². The molecule has 2 aromatic heterocycles. The Balaban J connectivity index is 2.95. The number of fused-ring (bicyclic) bond motifs is 1. The lowest BCUT2D eigenvalue weighted by Crippen LogP contribution is -2.37. The minimum absolute atomic E-state index is 0.948. The number of aryl methyl sites for hydroxylation is 3.